The van der Waals surface area contributed by atoms with Crippen molar-refractivity contribution in [1.82, 2.24) is 0 Å². The molecule has 0 saturated heterocycles. The lowest BCUT2D eigenvalue weighted by molar-refractivity contribution is -0.150. The summed E-state index contributed by atoms with van der Waals surface area (Å²) >= 11 is 5.72. The molecule has 0 aliphatic heterocycles. The quantitative estimate of drug-likeness (QED) is 0.596. The molecule has 20 heavy (non-hydrogen) atoms. The maximum atomic E-state index is 12.0. The minimum Gasteiger partial charge on any atom is -0.469 e. The number of hydrogen-bond acceptors (Lipinski definition) is 5. The molecule has 0 aliphatic rings. The van der Waals surface area contributed by atoms with Gasteiger partial charge >= 0.3 is 11.9 Å². The molecule has 0 fully saturated rings. The van der Waals surface area contributed by atoms with E-state index in [2.05, 4.69) is 4.74 Å². The number of benzene rings is 1. The number of halogens is 1. The molecule has 0 N–H and O–H groups in total. The topological polar surface area (TPSA) is 69.7 Å². The summed E-state index contributed by atoms with van der Waals surface area (Å²) in [6.45, 7) is 1.48. The smallest absolute Gasteiger partial charge is 0.307 e. The molecular weight excluding hydrogens is 284 g/mol. The fourth-order valence-corrected chi connectivity index (χ4v) is 1.59. The molecule has 6 heteroatoms. The minimum atomic E-state index is -0.915. The molecule has 1 rings (SSSR count). The van der Waals surface area contributed by atoms with Gasteiger partial charge in [-0.05, 0) is 31.2 Å². The Hall–Kier alpha value is -1.88. The number of ether oxygens (including phenoxy) is 2. The van der Waals surface area contributed by atoms with Gasteiger partial charge < -0.3 is 9.47 Å². The molecule has 0 spiro atoms. The summed E-state index contributed by atoms with van der Waals surface area (Å²) in [5.41, 5.74) is 0.405. The Morgan fingerprint density at radius 2 is 1.65 bits per heavy atom. The molecule has 0 radical (unpaired) electrons. The number of Topliss-reactive ketones (excluding diaryl/α,β-unsaturated/α-hetero) is 1. The van der Waals surface area contributed by atoms with Gasteiger partial charge in [-0.25, -0.2) is 0 Å². The van der Waals surface area contributed by atoms with Crippen LogP contribution in [0.5, 0.6) is 0 Å². The van der Waals surface area contributed by atoms with Crippen molar-refractivity contribution in [2.75, 3.05) is 7.11 Å². The van der Waals surface area contributed by atoms with Gasteiger partial charge in [0.05, 0.1) is 20.0 Å². The first kappa shape index (κ1) is 16.2. The SMILES string of the molecule is COC(=O)CCC(=O)OC(C)C(=O)c1ccc(Cl)cc1. The Morgan fingerprint density at radius 3 is 2.20 bits per heavy atom. The summed E-state index contributed by atoms with van der Waals surface area (Å²) in [6, 6.07) is 6.29. The van der Waals surface area contributed by atoms with Crippen molar-refractivity contribution < 1.29 is 23.9 Å². The van der Waals surface area contributed by atoms with E-state index in [9.17, 15) is 14.4 Å². The Balaban J connectivity index is 2.51. The maximum Gasteiger partial charge on any atom is 0.307 e. The average Bonchev–Trinajstić information content (AvgIpc) is 2.44. The Labute approximate surface area is 121 Å². The second-order valence-corrected chi connectivity index (χ2v) is 4.52. The van der Waals surface area contributed by atoms with Crippen molar-refractivity contribution in [3.63, 3.8) is 0 Å². The van der Waals surface area contributed by atoms with E-state index in [1.165, 1.54) is 14.0 Å². The second kappa shape index (κ2) is 7.65. The molecular formula is C14H15ClO5. The van der Waals surface area contributed by atoms with Crippen molar-refractivity contribution in [3.8, 4) is 0 Å². The van der Waals surface area contributed by atoms with Crippen LogP contribution >= 0.6 is 11.6 Å². The first-order chi connectivity index (χ1) is 9.43. The van der Waals surface area contributed by atoms with Gasteiger partial charge in [0.25, 0.3) is 0 Å². The van der Waals surface area contributed by atoms with Gasteiger partial charge in [0.15, 0.2) is 6.10 Å². The average molecular weight is 299 g/mol. The van der Waals surface area contributed by atoms with Gasteiger partial charge in [-0.3, -0.25) is 14.4 Å². The Bertz CT molecular complexity index is 495. The first-order valence-electron chi connectivity index (χ1n) is 6.00. The van der Waals surface area contributed by atoms with Gasteiger partial charge in [0.2, 0.25) is 5.78 Å². The molecule has 0 aromatic heterocycles. The highest BCUT2D eigenvalue weighted by molar-refractivity contribution is 6.30. The van der Waals surface area contributed by atoms with Gasteiger partial charge in [-0.15, -0.1) is 0 Å². The van der Waals surface area contributed by atoms with E-state index in [-0.39, 0.29) is 18.6 Å². The molecule has 1 unspecified atom stereocenters. The third-order valence-corrected chi connectivity index (χ3v) is 2.82. The van der Waals surface area contributed by atoms with Crippen molar-refractivity contribution >= 4 is 29.3 Å². The summed E-state index contributed by atoms with van der Waals surface area (Å²) in [6.07, 6.45) is -1.11. The standard InChI is InChI=1S/C14H15ClO5/c1-9(20-13(17)8-7-12(16)19-2)14(18)10-3-5-11(15)6-4-10/h3-6,9H,7-8H2,1-2H3. The number of methoxy groups -OCH3 is 1. The van der Waals surface area contributed by atoms with Crippen molar-refractivity contribution in [3.05, 3.63) is 34.9 Å². The number of carbonyl (C=O) groups excluding carboxylic acids is 3. The zero-order valence-corrected chi connectivity index (χ0v) is 12.0. The predicted octanol–water partition coefficient (Wildman–Crippen LogP) is 2.41. The summed E-state index contributed by atoms with van der Waals surface area (Å²) in [7, 11) is 1.24. The molecule has 0 amide bonds. The summed E-state index contributed by atoms with van der Waals surface area (Å²) < 4.78 is 9.37. The van der Waals surface area contributed by atoms with Crippen LogP contribution in [-0.4, -0.2) is 30.9 Å². The minimum absolute atomic E-state index is 0.0722. The van der Waals surface area contributed by atoms with E-state index in [4.69, 9.17) is 16.3 Å². The van der Waals surface area contributed by atoms with Crippen LogP contribution in [0.2, 0.25) is 5.02 Å². The normalized spacial score (nSPS) is 11.6. The van der Waals surface area contributed by atoms with Crippen LogP contribution in [0.25, 0.3) is 0 Å². The van der Waals surface area contributed by atoms with Gasteiger partial charge in [-0.2, -0.15) is 0 Å². The van der Waals surface area contributed by atoms with Gasteiger partial charge in [0, 0.05) is 10.6 Å². The van der Waals surface area contributed by atoms with Crippen LogP contribution < -0.4 is 0 Å². The number of esters is 2. The third-order valence-electron chi connectivity index (χ3n) is 2.57. The number of carbonyl (C=O) groups is 3. The van der Waals surface area contributed by atoms with E-state index >= 15 is 0 Å². The van der Waals surface area contributed by atoms with E-state index in [0.29, 0.717) is 10.6 Å². The lowest BCUT2D eigenvalue weighted by Crippen LogP contribution is -2.24. The molecule has 5 nitrogen and oxygen atoms in total. The largest absolute Gasteiger partial charge is 0.469 e. The number of ketones is 1. The molecule has 1 aromatic rings. The second-order valence-electron chi connectivity index (χ2n) is 4.08. The molecule has 0 saturated carbocycles. The van der Waals surface area contributed by atoms with Crippen LogP contribution in [0.15, 0.2) is 24.3 Å². The fourth-order valence-electron chi connectivity index (χ4n) is 1.46. The maximum absolute atomic E-state index is 12.0. The van der Waals surface area contributed by atoms with E-state index in [1.54, 1.807) is 24.3 Å². The lowest BCUT2D eigenvalue weighted by Gasteiger charge is -2.12. The third kappa shape index (κ3) is 5.01. The molecule has 1 atom stereocenters. The van der Waals surface area contributed by atoms with Crippen LogP contribution in [0.3, 0.4) is 0 Å². The first-order valence-corrected chi connectivity index (χ1v) is 6.38. The van der Waals surface area contributed by atoms with Crippen molar-refractivity contribution in [2.24, 2.45) is 0 Å². The zero-order valence-electron chi connectivity index (χ0n) is 11.2. The number of hydrogen-bond donors (Lipinski definition) is 0. The number of rotatable bonds is 6. The van der Waals surface area contributed by atoms with E-state index in [1.807, 2.05) is 0 Å². The van der Waals surface area contributed by atoms with E-state index in [0.717, 1.165) is 0 Å². The summed E-state index contributed by atoms with van der Waals surface area (Å²) in [4.78, 5) is 34.3. The van der Waals surface area contributed by atoms with Crippen molar-refractivity contribution in [1.29, 1.82) is 0 Å². The summed E-state index contributed by atoms with van der Waals surface area (Å²) in [5.74, 6) is -1.45. The monoisotopic (exact) mass is 298 g/mol. The van der Waals surface area contributed by atoms with Crippen molar-refractivity contribution in [2.45, 2.75) is 25.9 Å². The summed E-state index contributed by atoms with van der Waals surface area (Å²) in [5, 5.41) is 0.518. The van der Waals surface area contributed by atoms with Crippen LogP contribution in [-0.2, 0) is 19.1 Å². The predicted molar refractivity (Wildman–Crippen MR) is 72.6 cm³/mol. The van der Waals surface area contributed by atoms with Crippen LogP contribution in [0, 0.1) is 0 Å². The molecule has 0 heterocycles. The fraction of sp³-hybridized carbons (Fsp3) is 0.357. The molecule has 1 aromatic carbocycles. The molecule has 108 valence electrons. The molecule has 0 bridgehead atoms. The Morgan fingerprint density at radius 1 is 1.10 bits per heavy atom. The van der Waals surface area contributed by atoms with Crippen LogP contribution in [0.4, 0.5) is 0 Å². The highest BCUT2D eigenvalue weighted by atomic mass is 35.5. The van der Waals surface area contributed by atoms with Crippen LogP contribution in [0.1, 0.15) is 30.1 Å². The van der Waals surface area contributed by atoms with Gasteiger partial charge in [0.1, 0.15) is 0 Å². The highest BCUT2D eigenvalue weighted by Crippen LogP contribution is 2.12. The zero-order chi connectivity index (χ0) is 15.1. The van der Waals surface area contributed by atoms with Gasteiger partial charge in [-0.1, -0.05) is 11.6 Å². The van der Waals surface area contributed by atoms with E-state index < -0.39 is 18.0 Å². The lowest BCUT2D eigenvalue weighted by atomic mass is 10.1. The molecule has 0 aliphatic carbocycles. The Kier molecular flexibility index (Phi) is 6.18. The highest BCUT2D eigenvalue weighted by Gasteiger charge is 2.19.